The van der Waals surface area contributed by atoms with Crippen LogP contribution >= 0.6 is 0 Å². The maximum absolute atomic E-state index is 12.8. The molecule has 0 radical (unpaired) electrons. The second-order valence-corrected chi connectivity index (χ2v) is 8.19. The Kier molecular flexibility index (Phi) is 3.75. The van der Waals surface area contributed by atoms with Gasteiger partial charge < -0.3 is 14.4 Å². The lowest BCUT2D eigenvalue weighted by Gasteiger charge is -2.24. The summed E-state index contributed by atoms with van der Waals surface area (Å²) in [6, 6.07) is 0. The number of aliphatic hydroxyl groups excluding tert-OH is 1. The van der Waals surface area contributed by atoms with Gasteiger partial charge in [0.1, 0.15) is 0 Å². The summed E-state index contributed by atoms with van der Waals surface area (Å²) in [6.45, 7) is 0.801. The molecule has 3 heterocycles. The predicted octanol–water partition coefficient (Wildman–Crippen LogP) is -2.29. The van der Waals surface area contributed by atoms with Crippen molar-refractivity contribution >= 4 is 10.0 Å². The summed E-state index contributed by atoms with van der Waals surface area (Å²) in [6.07, 6.45) is 1.05. The molecule has 9 nitrogen and oxygen atoms in total. The maximum Gasteiger partial charge on any atom is 0.330 e. The number of fused-ring (bicyclic) bond motifs is 1. The molecule has 3 rings (SSSR count). The molecule has 23 heavy (non-hydrogen) atoms. The third-order valence-electron chi connectivity index (χ3n) is 4.84. The lowest BCUT2D eigenvalue weighted by atomic mass is 9.82. The number of aliphatic hydroxyl groups is 1. The summed E-state index contributed by atoms with van der Waals surface area (Å²) in [5, 5.41) is 9.65. The van der Waals surface area contributed by atoms with Crippen LogP contribution in [-0.4, -0.2) is 59.9 Å². The minimum atomic E-state index is -4.05. The molecule has 2 aliphatic rings. The van der Waals surface area contributed by atoms with Crippen molar-refractivity contribution in [3.8, 4) is 0 Å². The number of rotatable bonds is 3. The fourth-order valence-corrected chi connectivity index (χ4v) is 5.01. The van der Waals surface area contributed by atoms with Crippen LogP contribution in [0.4, 0.5) is 0 Å². The minimum Gasteiger partial charge on any atom is -0.396 e. The molecule has 0 saturated carbocycles. The van der Waals surface area contributed by atoms with Crippen molar-refractivity contribution in [1.82, 2.24) is 13.4 Å². The van der Waals surface area contributed by atoms with Gasteiger partial charge in [-0.2, -0.15) is 4.31 Å². The zero-order valence-electron chi connectivity index (χ0n) is 12.9. The van der Waals surface area contributed by atoms with Crippen LogP contribution in [0.5, 0.6) is 0 Å². The van der Waals surface area contributed by atoms with Gasteiger partial charge in [0, 0.05) is 44.7 Å². The molecule has 2 fully saturated rings. The van der Waals surface area contributed by atoms with Gasteiger partial charge in [0.2, 0.25) is 10.0 Å². The van der Waals surface area contributed by atoms with Crippen LogP contribution in [0.25, 0.3) is 0 Å². The van der Waals surface area contributed by atoms with Crippen LogP contribution < -0.4 is 11.2 Å². The van der Waals surface area contributed by atoms with Crippen molar-refractivity contribution < 1.29 is 18.3 Å². The van der Waals surface area contributed by atoms with Crippen LogP contribution in [-0.2, 0) is 28.9 Å². The Morgan fingerprint density at radius 3 is 2.70 bits per heavy atom. The van der Waals surface area contributed by atoms with Crippen LogP contribution in [0, 0.1) is 11.3 Å². The van der Waals surface area contributed by atoms with Gasteiger partial charge in [0.15, 0.2) is 4.90 Å². The van der Waals surface area contributed by atoms with E-state index in [1.54, 1.807) is 0 Å². The molecular formula is C13H19N3O6S. The molecule has 1 aromatic heterocycles. The average Bonchev–Trinajstić information content (AvgIpc) is 3.06. The van der Waals surface area contributed by atoms with Crippen molar-refractivity contribution in [1.29, 1.82) is 0 Å². The van der Waals surface area contributed by atoms with Gasteiger partial charge >= 0.3 is 5.69 Å². The van der Waals surface area contributed by atoms with Gasteiger partial charge in [-0.3, -0.25) is 9.36 Å². The topological polar surface area (TPSA) is 111 Å². The Labute approximate surface area is 132 Å². The summed E-state index contributed by atoms with van der Waals surface area (Å²) in [7, 11) is -1.41. The van der Waals surface area contributed by atoms with Gasteiger partial charge in [-0.1, -0.05) is 0 Å². The molecule has 2 aliphatic heterocycles. The molecule has 0 aromatic carbocycles. The van der Waals surface area contributed by atoms with Crippen LogP contribution in [0.1, 0.15) is 0 Å². The number of hydrogen-bond acceptors (Lipinski definition) is 6. The first-order valence-corrected chi connectivity index (χ1v) is 8.62. The van der Waals surface area contributed by atoms with E-state index in [0.29, 0.717) is 13.2 Å². The molecule has 0 spiro atoms. The van der Waals surface area contributed by atoms with E-state index in [2.05, 4.69) is 0 Å². The highest BCUT2D eigenvalue weighted by molar-refractivity contribution is 7.89. The summed E-state index contributed by atoms with van der Waals surface area (Å²) in [5.41, 5.74) is -2.05. The molecule has 0 aliphatic carbocycles. The van der Waals surface area contributed by atoms with E-state index >= 15 is 0 Å². The number of nitrogens with zero attached hydrogens (tertiary/aromatic N) is 3. The number of aryl methyl sites for hydroxylation is 1. The lowest BCUT2D eigenvalue weighted by Crippen LogP contribution is -2.43. The third-order valence-corrected chi connectivity index (χ3v) is 6.63. The summed E-state index contributed by atoms with van der Waals surface area (Å²) in [5.74, 6) is -0.0985. The van der Waals surface area contributed by atoms with Gasteiger partial charge in [-0.25, -0.2) is 13.2 Å². The molecular weight excluding hydrogens is 326 g/mol. The van der Waals surface area contributed by atoms with Crippen molar-refractivity contribution in [3.05, 3.63) is 27.0 Å². The average molecular weight is 345 g/mol. The van der Waals surface area contributed by atoms with Gasteiger partial charge in [-0.15, -0.1) is 0 Å². The van der Waals surface area contributed by atoms with Crippen molar-refractivity contribution in [3.63, 3.8) is 0 Å². The van der Waals surface area contributed by atoms with Crippen LogP contribution in [0.2, 0.25) is 0 Å². The summed E-state index contributed by atoms with van der Waals surface area (Å²) >= 11 is 0. The number of ether oxygens (including phenoxy) is 1. The molecule has 1 aromatic rings. The highest BCUT2D eigenvalue weighted by Gasteiger charge is 2.53. The van der Waals surface area contributed by atoms with E-state index in [1.165, 1.54) is 18.4 Å². The Morgan fingerprint density at radius 1 is 1.39 bits per heavy atom. The Hall–Kier alpha value is -1.49. The fraction of sp³-hybridized carbons (Fsp3) is 0.692. The van der Waals surface area contributed by atoms with E-state index in [9.17, 15) is 23.1 Å². The van der Waals surface area contributed by atoms with Crippen molar-refractivity contribution in [2.24, 2.45) is 25.4 Å². The van der Waals surface area contributed by atoms with E-state index in [1.807, 2.05) is 0 Å². The second-order valence-electron chi connectivity index (χ2n) is 6.28. The smallest absolute Gasteiger partial charge is 0.330 e. The maximum atomic E-state index is 12.8. The zero-order chi connectivity index (χ0) is 17.0. The molecule has 0 unspecified atom stereocenters. The Morgan fingerprint density at radius 2 is 2.09 bits per heavy atom. The minimum absolute atomic E-state index is 0.0985. The SMILES string of the molecule is Cn1cc(S(=O)(=O)N2C[C@H]3COC[C@@]3(CO)C2)c(=O)n(C)c1=O. The van der Waals surface area contributed by atoms with Crippen molar-refractivity contribution in [2.75, 3.05) is 32.9 Å². The molecule has 0 bridgehead atoms. The third kappa shape index (κ3) is 2.28. The van der Waals surface area contributed by atoms with E-state index < -0.39 is 31.6 Å². The predicted molar refractivity (Wildman–Crippen MR) is 79.5 cm³/mol. The Balaban J connectivity index is 2.05. The van der Waals surface area contributed by atoms with Gasteiger partial charge in [-0.05, 0) is 0 Å². The fourth-order valence-electron chi connectivity index (χ4n) is 3.28. The zero-order valence-corrected chi connectivity index (χ0v) is 13.7. The molecule has 1 N–H and O–H groups in total. The quantitative estimate of drug-likeness (QED) is 0.660. The van der Waals surface area contributed by atoms with Gasteiger partial charge in [0.05, 0.1) is 19.8 Å². The largest absolute Gasteiger partial charge is 0.396 e. The summed E-state index contributed by atoms with van der Waals surface area (Å²) < 4.78 is 34.1. The first-order chi connectivity index (χ1) is 10.7. The first kappa shape index (κ1) is 16.4. The van der Waals surface area contributed by atoms with E-state index in [-0.39, 0.29) is 25.6 Å². The van der Waals surface area contributed by atoms with E-state index in [4.69, 9.17) is 4.74 Å². The standard InChI is InChI=1S/C13H19N3O6S/c1-14-4-10(11(18)15(2)12(14)19)23(20,21)16-3-9-5-22-8-13(9,6-16)7-17/h4,9,17H,3,5-8H2,1-2H3/t9-,13-/m0/s1. The Bertz CT molecular complexity index is 857. The number of sulfonamides is 1. The molecule has 128 valence electrons. The first-order valence-electron chi connectivity index (χ1n) is 7.18. The van der Waals surface area contributed by atoms with Crippen LogP contribution in [0.3, 0.4) is 0 Å². The summed E-state index contributed by atoms with van der Waals surface area (Å²) in [4.78, 5) is 23.5. The lowest BCUT2D eigenvalue weighted by molar-refractivity contribution is 0.0905. The van der Waals surface area contributed by atoms with E-state index in [0.717, 1.165) is 15.3 Å². The van der Waals surface area contributed by atoms with Crippen molar-refractivity contribution in [2.45, 2.75) is 4.90 Å². The highest BCUT2D eigenvalue weighted by Crippen LogP contribution is 2.42. The molecule has 2 atom stereocenters. The monoisotopic (exact) mass is 345 g/mol. The number of hydrogen-bond donors (Lipinski definition) is 1. The van der Waals surface area contributed by atoms with Gasteiger partial charge in [0.25, 0.3) is 5.56 Å². The van der Waals surface area contributed by atoms with Crippen LogP contribution in [0.15, 0.2) is 20.7 Å². The number of aromatic nitrogens is 2. The molecule has 0 amide bonds. The molecule has 2 saturated heterocycles. The highest BCUT2D eigenvalue weighted by atomic mass is 32.2. The second kappa shape index (κ2) is 5.26. The molecule has 10 heteroatoms. The normalized spacial score (nSPS) is 28.2.